The molecule has 0 saturated carbocycles. The van der Waals surface area contributed by atoms with E-state index in [0.717, 1.165) is 12.8 Å². The molecule has 0 bridgehead atoms. The van der Waals surface area contributed by atoms with Crippen LogP contribution >= 0.6 is 0 Å². The van der Waals surface area contributed by atoms with Crippen LogP contribution in [-0.4, -0.2) is 41.1 Å². The Morgan fingerprint density at radius 1 is 1.42 bits per heavy atom. The maximum absolute atomic E-state index is 13.7. The normalized spacial score (nSPS) is 18.9. The van der Waals surface area contributed by atoms with Crippen LogP contribution in [0.4, 0.5) is 4.39 Å². The van der Waals surface area contributed by atoms with Crippen LogP contribution in [0.3, 0.4) is 0 Å². The van der Waals surface area contributed by atoms with Crippen LogP contribution in [0.2, 0.25) is 0 Å². The molecular formula is C18H24FNO4. The van der Waals surface area contributed by atoms with Gasteiger partial charge in [0.2, 0.25) is 0 Å². The van der Waals surface area contributed by atoms with Crippen molar-refractivity contribution in [3.05, 3.63) is 30.1 Å². The molecule has 0 radical (unpaired) electrons. The zero-order valence-corrected chi connectivity index (χ0v) is 13.9. The predicted molar refractivity (Wildman–Crippen MR) is 87.3 cm³/mol. The third kappa shape index (κ3) is 4.94. The van der Waals surface area contributed by atoms with Gasteiger partial charge in [0.15, 0.2) is 17.7 Å². The van der Waals surface area contributed by atoms with Crippen molar-refractivity contribution in [3.63, 3.8) is 0 Å². The molecule has 1 saturated heterocycles. The first-order valence-corrected chi connectivity index (χ1v) is 8.43. The minimum atomic E-state index is -0.812. The molecule has 1 heterocycles. The van der Waals surface area contributed by atoms with Gasteiger partial charge < -0.3 is 14.7 Å². The minimum Gasteiger partial charge on any atom is -0.481 e. The van der Waals surface area contributed by atoms with E-state index in [4.69, 9.17) is 9.84 Å². The molecule has 1 aliphatic rings. The Kier molecular flexibility index (Phi) is 6.58. The van der Waals surface area contributed by atoms with Gasteiger partial charge in [-0.1, -0.05) is 19.1 Å². The lowest BCUT2D eigenvalue weighted by Crippen LogP contribution is -2.46. The van der Waals surface area contributed by atoms with E-state index in [2.05, 4.69) is 0 Å². The molecule has 24 heavy (non-hydrogen) atoms. The lowest BCUT2D eigenvalue weighted by Gasteiger charge is -2.34. The summed E-state index contributed by atoms with van der Waals surface area (Å²) in [5.41, 5.74) is 0. The minimum absolute atomic E-state index is 0.0807. The summed E-state index contributed by atoms with van der Waals surface area (Å²) in [5, 5.41) is 8.80. The summed E-state index contributed by atoms with van der Waals surface area (Å²) < 4.78 is 19.3. The number of carboxylic acid groups (broad SMARTS) is 1. The van der Waals surface area contributed by atoms with E-state index >= 15 is 0 Å². The Morgan fingerprint density at radius 2 is 2.17 bits per heavy atom. The van der Waals surface area contributed by atoms with E-state index in [-0.39, 0.29) is 24.0 Å². The highest BCUT2D eigenvalue weighted by molar-refractivity contribution is 5.81. The van der Waals surface area contributed by atoms with E-state index in [0.29, 0.717) is 25.9 Å². The number of hydrogen-bond acceptors (Lipinski definition) is 3. The number of carbonyl (C=O) groups is 2. The van der Waals surface area contributed by atoms with Crippen molar-refractivity contribution in [2.75, 3.05) is 13.1 Å². The van der Waals surface area contributed by atoms with Crippen LogP contribution in [0.15, 0.2) is 24.3 Å². The molecule has 2 atom stereocenters. The van der Waals surface area contributed by atoms with Crippen molar-refractivity contribution < 1.29 is 23.8 Å². The van der Waals surface area contributed by atoms with Crippen LogP contribution < -0.4 is 4.74 Å². The van der Waals surface area contributed by atoms with Gasteiger partial charge in [0.1, 0.15) is 0 Å². The summed E-state index contributed by atoms with van der Waals surface area (Å²) in [6, 6.07) is 6.05. The van der Waals surface area contributed by atoms with Crippen molar-refractivity contribution in [1.82, 2.24) is 4.90 Å². The number of aliphatic carboxylic acids is 1. The van der Waals surface area contributed by atoms with E-state index in [9.17, 15) is 14.0 Å². The van der Waals surface area contributed by atoms with Crippen LogP contribution in [0.1, 0.15) is 39.0 Å². The predicted octanol–water partition coefficient (Wildman–Crippen LogP) is 3.09. The third-order valence-electron chi connectivity index (χ3n) is 4.35. The highest BCUT2D eigenvalue weighted by atomic mass is 19.1. The fourth-order valence-electron chi connectivity index (χ4n) is 3.03. The average Bonchev–Trinajstić information content (AvgIpc) is 2.59. The fourth-order valence-corrected chi connectivity index (χ4v) is 3.03. The van der Waals surface area contributed by atoms with Crippen LogP contribution in [0, 0.1) is 11.7 Å². The molecule has 1 aromatic carbocycles. The Hall–Kier alpha value is -2.11. The second kappa shape index (κ2) is 8.66. The molecule has 2 unspecified atom stereocenters. The maximum atomic E-state index is 13.7. The van der Waals surface area contributed by atoms with Gasteiger partial charge in [-0.15, -0.1) is 0 Å². The molecule has 1 aromatic rings. The summed E-state index contributed by atoms with van der Waals surface area (Å²) in [6.07, 6.45) is 2.21. The molecule has 132 valence electrons. The van der Waals surface area contributed by atoms with E-state index < -0.39 is 17.9 Å². The molecule has 2 rings (SSSR count). The SMILES string of the molecule is CCC(Oc1ccccc1F)C(=O)N1CCCC(CCC(=O)O)C1. The summed E-state index contributed by atoms with van der Waals surface area (Å²) in [5.74, 6) is -1.17. The number of carbonyl (C=O) groups excluding carboxylic acids is 1. The van der Waals surface area contributed by atoms with Crippen molar-refractivity contribution in [3.8, 4) is 5.75 Å². The van der Waals surface area contributed by atoms with Crippen molar-refractivity contribution in [2.24, 2.45) is 5.92 Å². The number of rotatable bonds is 7. The molecule has 1 N–H and O–H groups in total. The Morgan fingerprint density at radius 3 is 2.83 bits per heavy atom. The monoisotopic (exact) mass is 337 g/mol. The fraction of sp³-hybridized carbons (Fsp3) is 0.556. The largest absolute Gasteiger partial charge is 0.481 e. The van der Waals surface area contributed by atoms with E-state index in [1.165, 1.54) is 12.1 Å². The number of nitrogens with zero attached hydrogens (tertiary/aromatic N) is 1. The highest BCUT2D eigenvalue weighted by Crippen LogP contribution is 2.24. The summed E-state index contributed by atoms with van der Waals surface area (Å²) in [6.45, 7) is 3.01. The number of benzene rings is 1. The zero-order valence-electron chi connectivity index (χ0n) is 13.9. The van der Waals surface area contributed by atoms with Gasteiger partial charge in [0.25, 0.3) is 5.91 Å². The van der Waals surface area contributed by atoms with E-state index in [1.807, 2.05) is 6.92 Å². The first kappa shape index (κ1) is 18.2. The number of ether oxygens (including phenoxy) is 1. The Bertz CT molecular complexity index is 578. The number of hydrogen-bond donors (Lipinski definition) is 1. The van der Waals surface area contributed by atoms with Gasteiger partial charge in [-0.25, -0.2) is 4.39 Å². The second-order valence-electron chi connectivity index (χ2n) is 6.17. The second-order valence-corrected chi connectivity index (χ2v) is 6.17. The number of amides is 1. The molecule has 0 aliphatic carbocycles. The molecule has 0 spiro atoms. The number of carboxylic acids is 1. The number of piperidine rings is 1. The smallest absolute Gasteiger partial charge is 0.303 e. The topological polar surface area (TPSA) is 66.8 Å². The first-order chi connectivity index (χ1) is 11.5. The van der Waals surface area contributed by atoms with Crippen LogP contribution in [0.25, 0.3) is 0 Å². The molecule has 1 amide bonds. The molecule has 1 aliphatic heterocycles. The Balaban J connectivity index is 1.97. The lowest BCUT2D eigenvalue weighted by atomic mass is 9.93. The molecular weight excluding hydrogens is 313 g/mol. The van der Waals surface area contributed by atoms with Gasteiger partial charge in [0.05, 0.1) is 0 Å². The van der Waals surface area contributed by atoms with Crippen molar-refractivity contribution in [1.29, 1.82) is 0 Å². The Labute approximate surface area is 141 Å². The summed E-state index contributed by atoms with van der Waals surface area (Å²) in [4.78, 5) is 25.1. The van der Waals surface area contributed by atoms with Gasteiger partial charge in [-0.3, -0.25) is 9.59 Å². The quantitative estimate of drug-likeness (QED) is 0.830. The molecule has 5 nitrogen and oxygen atoms in total. The van der Waals surface area contributed by atoms with E-state index in [1.54, 1.807) is 17.0 Å². The average molecular weight is 337 g/mol. The lowest BCUT2D eigenvalue weighted by molar-refractivity contribution is -0.141. The van der Waals surface area contributed by atoms with Crippen molar-refractivity contribution >= 4 is 11.9 Å². The van der Waals surface area contributed by atoms with Gasteiger partial charge in [-0.2, -0.15) is 0 Å². The van der Waals surface area contributed by atoms with Gasteiger partial charge in [-0.05, 0) is 43.7 Å². The van der Waals surface area contributed by atoms with Crippen LogP contribution in [0.5, 0.6) is 5.75 Å². The number of para-hydroxylation sites is 1. The molecule has 0 aromatic heterocycles. The van der Waals surface area contributed by atoms with Gasteiger partial charge in [0, 0.05) is 19.5 Å². The highest BCUT2D eigenvalue weighted by Gasteiger charge is 2.29. The summed E-state index contributed by atoms with van der Waals surface area (Å²) >= 11 is 0. The number of halogens is 1. The zero-order chi connectivity index (χ0) is 17.5. The van der Waals surface area contributed by atoms with Gasteiger partial charge >= 0.3 is 5.97 Å². The van der Waals surface area contributed by atoms with Crippen LogP contribution in [-0.2, 0) is 9.59 Å². The standard InChI is InChI=1S/C18H24FNO4/c1-2-15(24-16-8-4-3-7-14(16)19)18(23)20-11-5-6-13(12-20)9-10-17(21)22/h3-4,7-8,13,15H,2,5-6,9-12H2,1H3,(H,21,22). The maximum Gasteiger partial charge on any atom is 0.303 e. The first-order valence-electron chi connectivity index (χ1n) is 8.43. The summed E-state index contributed by atoms with van der Waals surface area (Å²) in [7, 11) is 0. The van der Waals surface area contributed by atoms with Crippen molar-refractivity contribution in [2.45, 2.75) is 45.1 Å². The third-order valence-corrected chi connectivity index (χ3v) is 4.35. The number of likely N-dealkylation sites (tertiary alicyclic amines) is 1. The molecule has 1 fully saturated rings. The molecule has 6 heteroatoms.